The fraction of sp³-hybridized carbons (Fsp3) is 0.542. The topological polar surface area (TPSA) is 82.2 Å². The van der Waals surface area contributed by atoms with E-state index in [9.17, 15) is 14.4 Å². The molecule has 1 saturated carbocycles. The Balaban J connectivity index is 1.62. The Hall–Kier alpha value is -2.58. The van der Waals surface area contributed by atoms with E-state index in [1.54, 1.807) is 38.2 Å². The van der Waals surface area contributed by atoms with Gasteiger partial charge in [0.2, 0.25) is 5.91 Å². The van der Waals surface area contributed by atoms with Crippen molar-refractivity contribution in [3.63, 3.8) is 0 Å². The lowest BCUT2D eigenvalue weighted by Crippen LogP contribution is -2.56. The molecule has 4 rings (SSSR count). The van der Waals surface area contributed by atoms with Crippen LogP contribution >= 0.6 is 11.6 Å². The summed E-state index contributed by atoms with van der Waals surface area (Å²) in [5.74, 6) is 0.00544. The smallest absolute Gasteiger partial charge is 0.338 e. The highest BCUT2D eigenvalue weighted by molar-refractivity contribution is 6.30. The van der Waals surface area contributed by atoms with Gasteiger partial charge in [-0.2, -0.15) is 0 Å². The summed E-state index contributed by atoms with van der Waals surface area (Å²) in [6.45, 7) is 6.48. The Morgan fingerprint density at radius 1 is 1.18 bits per heavy atom. The zero-order chi connectivity index (χ0) is 23.7. The summed E-state index contributed by atoms with van der Waals surface area (Å²) in [6.07, 6.45) is 1.99. The van der Waals surface area contributed by atoms with Crippen molar-refractivity contribution < 1.29 is 19.1 Å². The molecule has 2 fully saturated rings. The standard InChI is InChI=1S/C24H31ClN4O4/c1-4-33-23(31)20-19(14-28-11-12-29(15(2)13-28)22(30)17-5-6-17)27(3)24(32)26-21(20)16-7-9-18(25)10-8-16/h7-10,15,17,21H,4-6,11-14H2,1-3H3,(H,26,32)/t15-,21-/m0/s1. The van der Waals surface area contributed by atoms with Gasteiger partial charge in [0.15, 0.2) is 0 Å². The van der Waals surface area contributed by atoms with Crippen molar-refractivity contribution >= 4 is 29.5 Å². The number of nitrogens with one attached hydrogen (secondary N) is 1. The molecule has 2 atom stereocenters. The fourth-order valence-corrected chi connectivity index (χ4v) is 4.71. The van der Waals surface area contributed by atoms with Crippen molar-refractivity contribution in [3.8, 4) is 0 Å². The molecule has 9 heteroatoms. The molecule has 2 heterocycles. The molecule has 1 N–H and O–H groups in total. The van der Waals surface area contributed by atoms with Crippen LogP contribution in [-0.4, -0.2) is 78.5 Å². The number of carbonyl (C=O) groups excluding carboxylic acids is 3. The van der Waals surface area contributed by atoms with Crippen molar-refractivity contribution in [1.82, 2.24) is 20.0 Å². The number of esters is 1. The number of halogens is 1. The van der Waals surface area contributed by atoms with Crippen LogP contribution in [0.5, 0.6) is 0 Å². The van der Waals surface area contributed by atoms with Gasteiger partial charge in [0.25, 0.3) is 0 Å². The molecule has 0 unspecified atom stereocenters. The van der Waals surface area contributed by atoms with Crippen molar-refractivity contribution in [1.29, 1.82) is 0 Å². The lowest BCUT2D eigenvalue weighted by Gasteiger charge is -2.42. The number of ether oxygens (including phenoxy) is 1. The summed E-state index contributed by atoms with van der Waals surface area (Å²) in [4.78, 5) is 44.2. The molecule has 1 aliphatic carbocycles. The Bertz CT molecular complexity index is 960. The van der Waals surface area contributed by atoms with E-state index in [0.29, 0.717) is 42.5 Å². The van der Waals surface area contributed by atoms with Gasteiger partial charge in [-0.05, 0) is 44.4 Å². The number of urea groups is 1. The monoisotopic (exact) mass is 474 g/mol. The van der Waals surface area contributed by atoms with Crippen LogP contribution in [0.2, 0.25) is 5.02 Å². The molecule has 1 aromatic carbocycles. The minimum Gasteiger partial charge on any atom is -0.463 e. The molecule has 8 nitrogen and oxygen atoms in total. The Kier molecular flexibility index (Phi) is 6.95. The Morgan fingerprint density at radius 3 is 2.48 bits per heavy atom. The number of rotatable bonds is 6. The second-order valence-corrected chi connectivity index (χ2v) is 9.40. The number of likely N-dealkylation sites (N-methyl/N-ethyl adjacent to an activating group) is 1. The van der Waals surface area contributed by atoms with E-state index >= 15 is 0 Å². The van der Waals surface area contributed by atoms with Gasteiger partial charge in [-0.1, -0.05) is 23.7 Å². The number of amides is 3. The first-order valence-corrected chi connectivity index (χ1v) is 11.9. The molecule has 1 aromatic rings. The van der Waals surface area contributed by atoms with Crippen LogP contribution in [0.3, 0.4) is 0 Å². The van der Waals surface area contributed by atoms with Gasteiger partial charge < -0.3 is 15.0 Å². The molecular formula is C24H31ClN4O4. The van der Waals surface area contributed by atoms with Gasteiger partial charge in [0.05, 0.1) is 18.2 Å². The molecule has 33 heavy (non-hydrogen) atoms. The molecule has 178 valence electrons. The maximum Gasteiger partial charge on any atom is 0.338 e. The first kappa shape index (κ1) is 23.6. The molecule has 3 amide bonds. The Morgan fingerprint density at radius 2 is 1.88 bits per heavy atom. The van der Waals surface area contributed by atoms with Crippen molar-refractivity contribution in [3.05, 3.63) is 46.1 Å². The van der Waals surface area contributed by atoms with Gasteiger partial charge in [-0.25, -0.2) is 9.59 Å². The number of carbonyl (C=O) groups is 3. The normalized spacial score (nSPS) is 24.1. The lowest BCUT2D eigenvalue weighted by molar-refractivity contribution is -0.139. The largest absolute Gasteiger partial charge is 0.463 e. The van der Waals surface area contributed by atoms with Crippen LogP contribution < -0.4 is 5.32 Å². The molecule has 0 spiro atoms. The molecule has 3 aliphatic rings. The fourth-order valence-electron chi connectivity index (χ4n) is 4.58. The summed E-state index contributed by atoms with van der Waals surface area (Å²) < 4.78 is 5.39. The predicted octanol–water partition coefficient (Wildman–Crippen LogP) is 2.80. The SMILES string of the molecule is CCOC(=O)C1=C(CN2CCN(C(=O)C3CC3)[C@@H](C)C2)N(C)C(=O)N[C@H]1c1ccc(Cl)cc1. The maximum absolute atomic E-state index is 13.1. The van der Waals surface area contributed by atoms with Crippen LogP contribution in [0.25, 0.3) is 0 Å². The minimum absolute atomic E-state index is 0.0771. The molecule has 1 saturated heterocycles. The highest BCUT2D eigenvalue weighted by Crippen LogP contribution is 2.34. The number of benzene rings is 1. The van der Waals surface area contributed by atoms with Crippen LogP contribution in [0.1, 0.15) is 38.3 Å². The summed E-state index contributed by atoms with van der Waals surface area (Å²) in [6, 6.07) is 6.25. The first-order chi connectivity index (χ1) is 15.8. The number of hydrogen-bond donors (Lipinski definition) is 1. The third-order valence-corrected chi connectivity index (χ3v) is 6.82. The van der Waals surface area contributed by atoms with Crippen molar-refractivity contribution in [2.45, 2.75) is 38.8 Å². The summed E-state index contributed by atoms with van der Waals surface area (Å²) in [5.41, 5.74) is 1.80. The Labute approximate surface area is 199 Å². The molecular weight excluding hydrogens is 444 g/mol. The summed E-state index contributed by atoms with van der Waals surface area (Å²) >= 11 is 6.05. The van der Waals surface area contributed by atoms with E-state index in [1.807, 2.05) is 4.90 Å². The van der Waals surface area contributed by atoms with E-state index in [1.165, 1.54) is 4.90 Å². The van der Waals surface area contributed by atoms with Gasteiger partial charge in [0, 0.05) is 55.9 Å². The van der Waals surface area contributed by atoms with Gasteiger partial charge >= 0.3 is 12.0 Å². The van der Waals surface area contributed by atoms with Crippen LogP contribution in [-0.2, 0) is 14.3 Å². The van der Waals surface area contributed by atoms with Gasteiger partial charge in [-0.15, -0.1) is 0 Å². The molecule has 0 radical (unpaired) electrons. The summed E-state index contributed by atoms with van der Waals surface area (Å²) in [7, 11) is 1.66. The zero-order valence-corrected chi connectivity index (χ0v) is 20.1. The average Bonchev–Trinajstić information content (AvgIpc) is 3.62. The van der Waals surface area contributed by atoms with Crippen LogP contribution in [0, 0.1) is 5.92 Å². The van der Waals surface area contributed by atoms with Gasteiger partial charge in [0.1, 0.15) is 0 Å². The van der Waals surface area contributed by atoms with E-state index in [2.05, 4.69) is 17.1 Å². The van der Waals surface area contributed by atoms with E-state index in [4.69, 9.17) is 16.3 Å². The second-order valence-electron chi connectivity index (χ2n) is 8.96. The third-order valence-electron chi connectivity index (χ3n) is 6.57. The maximum atomic E-state index is 13.1. The van der Waals surface area contributed by atoms with Crippen LogP contribution in [0.4, 0.5) is 4.79 Å². The molecule has 0 aromatic heterocycles. The number of hydrogen-bond acceptors (Lipinski definition) is 5. The lowest BCUT2D eigenvalue weighted by atomic mass is 9.94. The number of nitrogens with zero attached hydrogens (tertiary/aromatic N) is 3. The quantitative estimate of drug-likeness (QED) is 0.641. The van der Waals surface area contributed by atoms with E-state index in [-0.39, 0.29) is 30.5 Å². The van der Waals surface area contributed by atoms with Crippen LogP contribution in [0.15, 0.2) is 35.5 Å². The zero-order valence-electron chi connectivity index (χ0n) is 19.3. The highest BCUT2D eigenvalue weighted by Gasteiger charge is 2.40. The van der Waals surface area contributed by atoms with E-state index < -0.39 is 12.0 Å². The molecule has 2 aliphatic heterocycles. The predicted molar refractivity (Wildman–Crippen MR) is 124 cm³/mol. The van der Waals surface area contributed by atoms with Crippen molar-refractivity contribution in [2.24, 2.45) is 5.92 Å². The molecule has 0 bridgehead atoms. The minimum atomic E-state index is -0.629. The van der Waals surface area contributed by atoms with E-state index in [0.717, 1.165) is 18.4 Å². The highest BCUT2D eigenvalue weighted by atomic mass is 35.5. The second kappa shape index (κ2) is 9.73. The summed E-state index contributed by atoms with van der Waals surface area (Å²) in [5, 5.41) is 3.50. The number of piperazine rings is 1. The first-order valence-electron chi connectivity index (χ1n) is 11.5. The van der Waals surface area contributed by atoms with Gasteiger partial charge in [-0.3, -0.25) is 14.6 Å². The van der Waals surface area contributed by atoms with Crippen molar-refractivity contribution in [2.75, 3.05) is 39.8 Å². The average molecular weight is 475 g/mol. The third kappa shape index (κ3) is 5.01.